The molecule has 0 amide bonds. The molecule has 88 valence electrons. The first kappa shape index (κ1) is 11.2. The molecule has 1 unspecified atom stereocenters. The maximum absolute atomic E-state index is 9.90. The summed E-state index contributed by atoms with van der Waals surface area (Å²) in [4.78, 5) is 0. The predicted octanol–water partition coefficient (Wildman–Crippen LogP) is 1.37. The Morgan fingerprint density at radius 2 is 2.31 bits per heavy atom. The highest BCUT2D eigenvalue weighted by molar-refractivity contribution is 5.46. The zero-order valence-corrected chi connectivity index (χ0v) is 9.62. The summed E-state index contributed by atoms with van der Waals surface area (Å²) in [5.41, 5.74) is 1.71. The van der Waals surface area contributed by atoms with Gasteiger partial charge in [-0.2, -0.15) is 0 Å². The molecule has 16 heavy (non-hydrogen) atoms. The number of nitrogens with one attached hydrogen (secondary N) is 1. The third-order valence-electron chi connectivity index (χ3n) is 2.82. The van der Waals surface area contributed by atoms with Crippen molar-refractivity contribution in [2.75, 3.05) is 26.8 Å². The summed E-state index contributed by atoms with van der Waals surface area (Å²) in [6.07, 6.45) is -0.0942. The number of benzene rings is 1. The van der Waals surface area contributed by atoms with Crippen molar-refractivity contribution in [3.05, 3.63) is 23.3 Å². The van der Waals surface area contributed by atoms with Gasteiger partial charge in [-0.05, 0) is 24.6 Å². The van der Waals surface area contributed by atoms with Crippen molar-refractivity contribution in [1.82, 2.24) is 5.32 Å². The fraction of sp³-hybridized carbons (Fsp3) is 0.500. The van der Waals surface area contributed by atoms with E-state index in [0.29, 0.717) is 6.61 Å². The lowest BCUT2D eigenvalue weighted by Gasteiger charge is -2.25. The lowest BCUT2D eigenvalue weighted by molar-refractivity contribution is 0.0262. The van der Waals surface area contributed by atoms with Gasteiger partial charge in [-0.25, -0.2) is 0 Å². The van der Waals surface area contributed by atoms with Crippen molar-refractivity contribution in [2.45, 2.75) is 13.0 Å². The lowest BCUT2D eigenvalue weighted by atomic mass is 10.0. The summed E-state index contributed by atoms with van der Waals surface area (Å²) in [5.74, 6) is 1.05. The Balaban J connectivity index is 2.31. The zero-order chi connectivity index (χ0) is 11.5. The molecule has 2 rings (SSSR count). The van der Waals surface area contributed by atoms with Crippen LogP contribution in [0, 0.1) is 6.92 Å². The smallest absolute Gasteiger partial charge is 0.122 e. The molecule has 0 radical (unpaired) electrons. The highest BCUT2D eigenvalue weighted by Gasteiger charge is 2.20. The van der Waals surface area contributed by atoms with Crippen LogP contribution in [-0.2, 0) is 4.74 Å². The number of morpholine rings is 1. The van der Waals surface area contributed by atoms with Gasteiger partial charge in [0.2, 0.25) is 0 Å². The predicted molar refractivity (Wildman–Crippen MR) is 61.0 cm³/mol. The van der Waals surface area contributed by atoms with E-state index in [9.17, 15) is 5.11 Å². The average molecular weight is 223 g/mol. The van der Waals surface area contributed by atoms with Crippen molar-refractivity contribution in [2.24, 2.45) is 0 Å². The highest BCUT2D eigenvalue weighted by Crippen LogP contribution is 2.33. The van der Waals surface area contributed by atoms with Gasteiger partial charge in [0, 0.05) is 18.7 Å². The number of aromatic hydroxyl groups is 1. The standard InChI is InChI=1S/C12H17NO3/c1-8-5-10(14)9(6-11(8)15-2)12-7-13-3-4-16-12/h5-6,12-14H,3-4,7H2,1-2H3. The molecule has 1 aromatic rings. The molecule has 0 spiro atoms. The summed E-state index contributed by atoms with van der Waals surface area (Å²) >= 11 is 0. The molecule has 1 fully saturated rings. The Morgan fingerprint density at radius 1 is 1.50 bits per heavy atom. The van der Waals surface area contributed by atoms with Gasteiger partial charge in [0.15, 0.2) is 0 Å². The van der Waals surface area contributed by atoms with E-state index in [2.05, 4.69) is 5.32 Å². The molecule has 2 N–H and O–H groups in total. The summed E-state index contributed by atoms with van der Waals surface area (Å²) < 4.78 is 10.9. The lowest BCUT2D eigenvalue weighted by Crippen LogP contribution is -2.33. The van der Waals surface area contributed by atoms with E-state index in [1.165, 1.54) is 0 Å². The minimum atomic E-state index is -0.0942. The molecule has 1 aromatic carbocycles. The average Bonchev–Trinajstić information content (AvgIpc) is 2.30. The molecule has 1 atom stereocenters. The highest BCUT2D eigenvalue weighted by atomic mass is 16.5. The Labute approximate surface area is 95.2 Å². The van der Waals surface area contributed by atoms with Gasteiger partial charge in [0.25, 0.3) is 0 Å². The number of methoxy groups -OCH3 is 1. The van der Waals surface area contributed by atoms with Gasteiger partial charge in [-0.15, -0.1) is 0 Å². The molecule has 1 saturated heterocycles. The molecular weight excluding hydrogens is 206 g/mol. The van der Waals surface area contributed by atoms with Gasteiger partial charge in [-0.3, -0.25) is 0 Å². The number of ether oxygens (including phenoxy) is 2. The first-order valence-corrected chi connectivity index (χ1v) is 5.42. The molecule has 0 saturated carbocycles. The summed E-state index contributed by atoms with van der Waals surface area (Å²) in [6, 6.07) is 3.56. The van der Waals surface area contributed by atoms with Crippen LogP contribution in [0.4, 0.5) is 0 Å². The summed E-state index contributed by atoms with van der Waals surface area (Å²) in [6.45, 7) is 4.16. The second-order valence-corrected chi connectivity index (χ2v) is 3.94. The number of aryl methyl sites for hydroxylation is 1. The second kappa shape index (κ2) is 4.72. The maximum Gasteiger partial charge on any atom is 0.122 e. The third kappa shape index (κ3) is 2.13. The Morgan fingerprint density at radius 3 is 2.94 bits per heavy atom. The number of rotatable bonds is 2. The third-order valence-corrected chi connectivity index (χ3v) is 2.82. The molecule has 0 bridgehead atoms. The van der Waals surface area contributed by atoms with Gasteiger partial charge in [0.1, 0.15) is 11.5 Å². The fourth-order valence-corrected chi connectivity index (χ4v) is 1.93. The van der Waals surface area contributed by atoms with Crippen LogP contribution >= 0.6 is 0 Å². The van der Waals surface area contributed by atoms with Crippen LogP contribution in [0.3, 0.4) is 0 Å². The Hall–Kier alpha value is -1.26. The van der Waals surface area contributed by atoms with E-state index < -0.39 is 0 Å². The maximum atomic E-state index is 9.90. The van der Waals surface area contributed by atoms with Crippen LogP contribution in [0.15, 0.2) is 12.1 Å². The first-order chi connectivity index (χ1) is 7.72. The van der Waals surface area contributed by atoms with E-state index >= 15 is 0 Å². The molecule has 1 heterocycles. The van der Waals surface area contributed by atoms with Gasteiger partial charge in [-0.1, -0.05) is 0 Å². The normalized spacial score (nSPS) is 20.8. The van der Waals surface area contributed by atoms with E-state index in [4.69, 9.17) is 9.47 Å². The van der Waals surface area contributed by atoms with E-state index in [0.717, 1.165) is 30.0 Å². The molecular formula is C12H17NO3. The van der Waals surface area contributed by atoms with Crippen LogP contribution in [0.1, 0.15) is 17.2 Å². The van der Waals surface area contributed by atoms with Crippen molar-refractivity contribution >= 4 is 0 Å². The molecule has 4 heteroatoms. The van der Waals surface area contributed by atoms with Gasteiger partial charge in [0.05, 0.1) is 19.8 Å². The van der Waals surface area contributed by atoms with Gasteiger partial charge >= 0.3 is 0 Å². The Kier molecular flexibility index (Phi) is 3.31. The van der Waals surface area contributed by atoms with E-state index in [1.807, 2.05) is 13.0 Å². The molecule has 0 aromatic heterocycles. The van der Waals surface area contributed by atoms with E-state index in [-0.39, 0.29) is 11.9 Å². The van der Waals surface area contributed by atoms with Crippen molar-refractivity contribution < 1.29 is 14.6 Å². The van der Waals surface area contributed by atoms with Crippen molar-refractivity contribution in [3.63, 3.8) is 0 Å². The fourth-order valence-electron chi connectivity index (χ4n) is 1.93. The van der Waals surface area contributed by atoms with Crippen LogP contribution in [0.5, 0.6) is 11.5 Å². The SMILES string of the molecule is COc1cc(C2CNCCO2)c(O)cc1C. The minimum Gasteiger partial charge on any atom is -0.508 e. The molecule has 0 aliphatic carbocycles. The summed E-state index contributed by atoms with van der Waals surface area (Å²) in [5, 5.41) is 13.1. The van der Waals surface area contributed by atoms with E-state index in [1.54, 1.807) is 13.2 Å². The summed E-state index contributed by atoms with van der Waals surface area (Å²) in [7, 11) is 1.63. The number of phenols is 1. The van der Waals surface area contributed by atoms with Crippen molar-refractivity contribution in [3.8, 4) is 11.5 Å². The number of hydrogen-bond acceptors (Lipinski definition) is 4. The zero-order valence-electron chi connectivity index (χ0n) is 9.62. The largest absolute Gasteiger partial charge is 0.508 e. The second-order valence-electron chi connectivity index (χ2n) is 3.94. The molecule has 1 aliphatic rings. The molecule has 1 aliphatic heterocycles. The monoisotopic (exact) mass is 223 g/mol. The minimum absolute atomic E-state index is 0.0942. The van der Waals surface area contributed by atoms with Crippen LogP contribution in [-0.4, -0.2) is 31.9 Å². The van der Waals surface area contributed by atoms with Crippen LogP contribution in [0.25, 0.3) is 0 Å². The topological polar surface area (TPSA) is 50.7 Å². The molecule has 4 nitrogen and oxygen atoms in total. The quantitative estimate of drug-likeness (QED) is 0.795. The van der Waals surface area contributed by atoms with Gasteiger partial charge < -0.3 is 19.9 Å². The van der Waals surface area contributed by atoms with Crippen LogP contribution in [0.2, 0.25) is 0 Å². The number of hydrogen-bond donors (Lipinski definition) is 2. The van der Waals surface area contributed by atoms with Crippen molar-refractivity contribution in [1.29, 1.82) is 0 Å². The number of phenolic OH excluding ortho intramolecular Hbond substituents is 1. The van der Waals surface area contributed by atoms with Crippen LogP contribution < -0.4 is 10.1 Å². The Bertz CT molecular complexity index is 373. The first-order valence-electron chi connectivity index (χ1n) is 5.42.